The van der Waals surface area contributed by atoms with E-state index < -0.39 is 52.5 Å². The number of aromatic nitrogens is 6. The van der Waals surface area contributed by atoms with E-state index in [1.165, 1.54) is 13.3 Å². The van der Waals surface area contributed by atoms with Gasteiger partial charge in [-0.3, -0.25) is 4.79 Å². The molecule has 0 spiro atoms. The first-order chi connectivity index (χ1) is 15.5. The van der Waals surface area contributed by atoms with E-state index >= 15 is 0 Å². The first-order valence-electron chi connectivity index (χ1n) is 9.47. The average molecular weight is 466 g/mol. The highest BCUT2D eigenvalue weighted by atomic mass is 19.4. The number of fused-ring (bicyclic) bond motifs is 1. The van der Waals surface area contributed by atoms with Gasteiger partial charge in [-0.25, -0.2) is 23.1 Å². The molecule has 0 amide bonds. The van der Waals surface area contributed by atoms with Crippen molar-refractivity contribution in [3.63, 3.8) is 0 Å². The summed E-state index contributed by atoms with van der Waals surface area (Å²) >= 11 is 0. The zero-order valence-corrected chi connectivity index (χ0v) is 16.8. The predicted molar refractivity (Wildman–Crippen MR) is 104 cm³/mol. The number of nitrogens with zero attached hydrogens (tertiary/aromatic N) is 6. The van der Waals surface area contributed by atoms with Gasteiger partial charge in [0.1, 0.15) is 35.4 Å². The molecule has 1 N–H and O–H groups in total. The zero-order valence-electron chi connectivity index (χ0n) is 16.8. The summed E-state index contributed by atoms with van der Waals surface area (Å²) in [6.07, 6.45) is -2.32. The number of hydrogen-bond acceptors (Lipinski definition) is 6. The van der Waals surface area contributed by atoms with Crippen LogP contribution >= 0.6 is 0 Å². The SMILES string of the molecule is CC(n1nnc2ccc(C(F)(F)F)cc2c1=O)C(O)(Cn1cncn1)c1ccc(F)cc1F. The van der Waals surface area contributed by atoms with E-state index in [2.05, 4.69) is 20.4 Å². The Bertz CT molecular complexity index is 1370. The quantitative estimate of drug-likeness (QED) is 0.455. The fourth-order valence-electron chi connectivity index (χ4n) is 3.53. The fourth-order valence-corrected chi connectivity index (χ4v) is 3.53. The predicted octanol–water partition coefficient (Wildman–Crippen LogP) is 2.83. The first kappa shape index (κ1) is 22.5. The number of alkyl halides is 3. The average Bonchev–Trinajstić information content (AvgIpc) is 3.25. The topological polar surface area (TPSA) is 98.7 Å². The van der Waals surface area contributed by atoms with Gasteiger partial charge in [0.25, 0.3) is 5.56 Å². The molecule has 0 saturated heterocycles. The van der Waals surface area contributed by atoms with Crippen LogP contribution in [0.25, 0.3) is 10.9 Å². The van der Waals surface area contributed by atoms with E-state index in [0.29, 0.717) is 16.8 Å². The lowest BCUT2D eigenvalue weighted by molar-refractivity contribution is -0.137. The van der Waals surface area contributed by atoms with Gasteiger partial charge in [-0.1, -0.05) is 11.3 Å². The fraction of sp³-hybridized carbons (Fsp3) is 0.250. The largest absolute Gasteiger partial charge is 0.416 e. The van der Waals surface area contributed by atoms with Crippen LogP contribution < -0.4 is 5.56 Å². The third-order valence-electron chi connectivity index (χ3n) is 5.34. The third kappa shape index (κ3) is 4.06. The standard InChI is InChI=1S/C20H15F5N6O2/c1-11(31-18(32)14-6-12(20(23,24)25)2-5-17(14)28-29-31)19(33,8-30-10-26-9-27-30)15-4-3-13(21)7-16(15)22/h2-7,9-11,33H,8H2,1H3. The van der Waals surface area contributed by atoms with Crippen LogP contribution in [0.3, 0.4) is 0 Å². The molecule has 2 aromatic carbocycles. The summed E-state index contributed by atoms with van der Waals surface area (Å²) in [5.74, 6) is -2.00. The summed E-state index contributed by atoms with van der Waals surface area (Å²) in [6, 6.07) is 3.49. The van der Waals surface area contributed by atoms with Crippen molar-refractivity contribution in [2.45, 2.75) is 31.3 Å². The van der Waals surface area contributed by atoms with Gasteiger partial charge in [0.15, 0.2) is 0 Å². The van der Waals surface area contributed by atoms with Gasteiger partial charge in [0.2, 0.25) is 0 Å². The highest BCUT2D eigenvalue weighted by Crippen LogP contribution is 2.36. The van der Waals surface area contributed by atoms with Gasteiger partial charge >= 0.3 is 6.18 Å². The molecule has 8 nitrogen and oxygen atoms in total. The van der Waals surface area contributed by atoms with Gasteiger partial charge in [0.05, 0.1) is 23.5 Å². The van der Waals surface area contributed by atoms with Gasteiger partial charge in [-0.05, 0) is 31.2 Å². The summed E-state index contributed by atoms with van der Waals surface area (Å²) in [4.78, 5) is 16.8. The van der Waals surface area contributed by atoms with Crippen LogP contribution in [0.15, 0.2) is 53.8 Å². The molecule has 2 atom stereocenters. The highest BCUT2D eigenvalue weighted by Gasteiger charge is 2.42. The van der Waals surface area contributed by atoms with Gasteiger partial charge < -0.3 is 5.11 Å². The molecule has 0 aliphatic heterocycles. The van der Waals surface area contributed by atoms with Crippen molar-refractivity contribution in [2.24, 2.45) is 0 Å². The lowest BCUT2D eigenvalue weighted by Crippen LogP contribution is -2.44. The highest BCUT2D eigenvalue weighted by molar-refractivity contribution is 5.77. The van der Waals surface area contributed by atoms with Crippen molar-refractivity contribution in [3.05, 3.63) is 82.2 Å². The Morgan fingerprint density at radius 1 is 1.12 bits per heavy atom. The second-order valence-corrected chi connectivity index (χ2v) is 7.39. The Balaban J connectivity index is 1.89. The molecule has 0 aliphatic carbocycles. The first-order valence-corrected chi connectivity index (χ1v) is 9.47. The van der Waals surface area contributed by atoms with Crippen molar-refractivity contribution in [1.82, 2.24) is 29.8 Å². The molecule has 172 valence electrons. The molecule has 0 fully saturated rings. The van der Waals surface area contributed by atoms with E-state index in [-0.39, 0.29) is 11.1 Å². The normalized spacial score (nSPS) is 14.9. The molecular formula is C20H15F5N6O2. The monoisotopic (exact) mass is 466 g/mol. The molecule has 33 heavy (non-hydrogen) atoms. The zero-order chi connectivity index (χ0) is 24.0. The minimum Gasteiger partial charge on any atom is -0.381 e. The van der Waals surface area contributed by atoms with Gasteiger partial charge in [-0.15, -0.1) is 5.10 Å². The Kier molecular flexibility index (Phi) is 5.44. The van der Waals surface area contributed by atoms with Crippen molar-refractivity contribution < 1.29 is 27.1 Å². The Hall–Kier alpha value is -3.74. The lowest BCUT2D eigenvalue weighted by atomic mass is 9.86. The van der Waals surface area contributed by atoms with Crippen molar-refractivity contribution in [3.8, 4) is 0 Å². The molecule has 2 heterocycles. The maximum absolute atomic E-state index is 14.7. The van der Waals surface area contributed by atoms with E-state index in [9.17, 15) is 31.9 Å². The van der Waals surface area contributed by atoms with Gasteiger partial charge in [-0.2, -0.15) is 18.3 Å². The number of aliphatic hydroxyl groups is 1. The van der Waals surface area contributed by atoms with E-state index in [1.807, 2.05) is 0 Å². The third-order valence-corrected chi connectivity index (χ3v) is 5.34. The van der Waals surface area contributed by atoms with Crippen LogP contribution in [-0.4, -0.2) is 34.9 Å². The number of rotatable bonds is 5. The Labute approximate surface area is 181 Å². The van der Waals surface area contributed by atoms with Crippen LogP contribution in [0.5, 0.6) is 0 Å². The van der Waals surface area contributed by atoms with Crippen molar-refractivity contribution in [1.29, 1.82) is 0 Å². The molecule has 2 unspecified atom stereocenters. The molecule has 4 aromatic rings. The maximum atomic E-state index is 14.7. The van der Waals surface area contributed by atoms with E-state index in [4.69, 9.17) is 0 Å². The smallest absolute Gasteiger partial charge is 0.381 e. The van der Waals surface area contributed by atoms with Gasteiger partial charge in [0, 0.05) is 11.6 Å². The van der Waals surface area contributed by atoms with Crippen LogP contribution in [0.2, 0.25) is 0 Å². The van der Waals surface area contributed by atoms with E-state index in [0.717, 1.165) is 35.3 Å². The number of benzene rings is 2. The van der Waals surface area contributed by atoms with Crippen LogP contribution in [0.4, 0.5) is 22.0 Å². The minimum atomic E-state index is -4.70. The van der Waals surface area contributed by atoms with Crippen LogP contribution in [0, 0.1) is 11.6 Å². The molecule has 0 aliphatic rings. The summed E-state index contributed by atoms with van der Waals surface area (Å²) in [5, 5.41) is 22.5. The minimum absolute atomic E-state index is 0.0933. The summed E-state index contributed by atoms with van der Waals surface area (Å²) < 4.78 is 69.4. The van der Waals surface area contributed by atoms with Crippen molar-refractivity contribution >= 4 is 10.9 Å². The summed E-state index contributed by atoms with van der Waals surface area (Å²) in [5.41, 5.74) is -4.78. The molecule has 4 rings (SSSR count). The summed E-state index contributed by atoms with van der Waals surface area (Å²) in [6.45, 7) is 0.862. The molecular weight excluding hydrogens is 451 g/mol. The molecule has 0 saturated carbocycles. The maximum Gasteiger partial charge on any atom is 0.416 e. The van der Waals surface area contributed by atoms with E-state index in [1.54, 1.807) is 0 Å². The lowest BCUT2D eigenvalue weighted by Gasteiger charge is -2.34. The molecule has 0 bridgehead atoms. The van der Waals surface area contributed by atoms with Crippen LogP contribution in [0.1, 0.15) is 24.1 Å². The number of hydrogen-bond donors (Lipinski definition) is 1. The molecule has 2 aromatic heterocycles. The number of halogens is 5. The Morgan fingerprint density at radius 3 is 2.52 bits per heavy atom. The second-order valence-electron chi connectivity index (χ2n) is 7.39. The molecule has 0 radical (unpaired) electrons. The summed E-state index contributed by atoms with van der Waals surface area (Å²) in [7, 11) is 0. The second kappa shape index (κ2) is 7.99. The van der Waals surface area contributed by atoms with Crippen LogP contribution in [-0.2, 0) is 18.3 Å². The van der Waals surface area contributed by atoms with Crippen molar-refractivity contribution in [2.75, 3.05) is 0 Å². The molecule has 13 heteroatoms. The Morgan fingerprint density at radius 2 is 1.88 bits per heavy atom.